The fourth-order valence-electron chi connectivity index (χ4n) is 4.29. The maximum atomic E-state index is 14.6. The molecule has 2 heterocycles. The minimum Gasteiger partial charge on any atom is -0.336 e. The second-order valence-corrected chi connectivity index (χ2v) is 8.09. The Bertz CT molecular complexity index is 1290. The normalized spacial score (nSPS) is 16.1. The number of imide groups is 1. The summed E-state index contributed by atoms with van der Waals surface area (Å²) in [7, 11) is 0. The first-order chi connectivity index (χ1) is 15.5. The van der Waals surface area contributed by atoms with Crippen molar-refractivity contribution in [2.75, 3.05) is 16.3 Å². The molecule has 0 bridgehead atoms. The fraction of sp³-hybridized carbons (Fsp3) is 0.120. The van der Waals surface area contributed by atoms with Crippen LogP contribution in [0.2, 0.25) is 5.02 Å². The largest absolute Gasteiger partial charge is 0.336 e. The molecule has 0 fully saturated rings. The number of nitrogens with zero attached hydrogens (tertiary/aromatic N) is 2. The molecule has 32 heavy (non-hydrogen) atoms. The predicted molar refractivity (Wildman–Crippen MR) is 119 cm³/mol. The van der Waals surface area contributed by atoms with Gasteiger partial charge in [0, 0.05) is 23.3 Å². The highest BCUT2D eigenvalue weighted by molar-refractivity contribution is 6.46. The number of aryl methyl sites for hydroxylation is 1. The summed E-state index contributed by atoms with van der Waals surface area (Å²) in [6, 6.07) is 17.1. The molecule has 4 nitrogen and oxygen atoms in total. The van der Waals surface area contributed by atoms with Gasteiger partial charge in [-0.2, -0.15) is 0 Å². The smallest absolute Gasteiger partial charge is 0.282 e. The molecule has 0 aliphatic carbocycles. The van der Waals surface area contributed by atoms with Gasteiger partial charge in [-0.3, -0.25) is 9.59 Å². The number of benzene rings is 3. The van der Waals surface area contributed by atoms with E-state index in [1.54, 1.807) is 24.3 Å². The first-order valence-corrected chi connectivity index (χ1v) is 10.5. The second kappa shape index (κ2) is 7.88. The molecule has 7 heteroatoms. The zero-order valence-electron chi connectivity index (χ0n) is 16.8. The summed E-state index contributed by atoms with van der Waals surface area (Å²) < 4.78 is 28.1. The molecular weight excluding hydrogens is 434 g/mol. The van der Waals surface area contributed by atoms with Gasteiger partial charge in [-0.05, 0) is 54.3 Å². The van der Waals surface area contributed by atoms with Crippen molar-refractivity contribution >= 4 is 40.4 Å². The van der Waals surface area contributed by atoms with Gasteiger partial charge >= 0.3 is 0 Å². The van der Waals surface area contributed by atoms with Gasteiger partial charge in [0.05, 0.1) is 11.3 Å². The van der Waals surface area contributed by atoms with Crippen molar-refractivity contribution in [3.05, 3.63) is 100 Å². The van der Waals surface area contributed by atoms with Crippen LogP contribution >= 0.6 is 11.6 Å². The standard InChI is InChI=1S/C25H17ClF2N2O2/c26-17-9-7-16(8-10-17)22-23(29-13-3-5-15-4-1-2-6-20(15)29)25(32)30(24(22)31)21-12-11-18(27)14-19(21)28/h1-2,4,6-12,14H,3,5,13H2. The van der Waals surface area contributed by atoms with E-state index >= 15 is 0 Å². The summed E-state index contributed by atoms with van der Waals surface area (Å²) in [6.07, 6.45) is 1.65. The van der Waals surface area contributed by atoms with Crippen LogP contribution in [0.15, 0.2) is 72.4 Å². The van der Waals surface area contributed by atoms with E-state index in [2.05, 4.69) is 0 Å². The molecule has 0 N–H and O–H groups in total. The minimum absolute atomic E-state index is 0.159. The molecule has 5 rings (SSSR count). The van der Waals surface area contributed by atoms with Crippen molar-refractivity contribution in [3.8, 4) is 0 Å². The number of anilines is 2. The predicted octanol–water partition coefficient (Wildman–Crippen LogP) is 5.36. The summed E-state index contributed by atoms with van der Waals surface area (Å²) >= 11 is 6.02. The van der Waals surface area contributed by atoms with Crippen LogP contribution in [0, 0.1) is 11.6 Å². The van der Waals surface area contributed by atoms with Gasteiger partial charge in [0.1, 0.15) is 17.3 Å². The molecule has 160 valence electrons. The molecule has 0 unspecified atom stereocenters. The van der Waals surface area contributed by atoms with Crippen LogP contribution in [0.3, 0.4) is 0 Å². The molecule has 3 aromatic rings. The van der Waals surface area contributed by atoms with E-state index in [4.69, 9.17) is 11.6 Å². The van der Waals surface area contributed by atoms with Crippen molar-refractivity contribution in [1.82, 2.24) is 0 Å². The van der Waals surface area contributed by atoms with Crippen molar-refractivity contribution in [2.24, 2.45) is 0 Å². The number of halogens is 3. The van der Waals surface area contributed by atoms with Gasteiger partial charge < -0.3 is 4.90 Å². The van der Waals surface area contributed by atoms with Crippen molar-refractivity contribution < 1.29 is 18.4 Å². The monoisotopic (exact) mass is 450 g/mol. The van der Waals surface area contributed by atoms with E-state index < -0.39 is 23.4 Å². The quantitative estimate of drug-likeness (QED) is 0.505. The zero-order chi connectivity index (χ0) is 22.4. The number of hydrogen-bond acceptors (Lipinski definition) is 3. The van der Waals surface area contributed by atoms with Crippen molar-refractivity contribution in [3.63, 3.8) is 0 Å². The topological polar surface area (TPSA) is 40.6 Å². The van der Waals surface area contributed by atoms with Crippen molar-refractivity contribution in [1.29, 1.82) is 0 Å². The van der Waals surface area contributed by atoms with E-state index in [9.17, 15) is 18.4 Å². The number of fused-ring (bicyclic) bond motifs is 1. The number of hydrogen-bond donors (Lipinski definition) is 0. The zero-order valence-corrected chi connectivity index (χ0v) is 17.6. The van der Waals surface area contributed by atoms with E-state index in [0.29, 0.717) is 23.2 Å². The van der Waals surface area contributed by atoms with Crippen LogP contribution in [0.4, 0.5) is 20.2 Å². The van der Waals surface area contributed by atoms with Crippen LogP contribution in [0.5, 0.6) is 0 Å². The lowest BCUT2D eigenvalue weighted by molar-refractivity contribution is -0.120. The number of para-hydroxylation sites is 1. The fourth-order valence-corrected chi connectivity index (χ4v) is 4.42. The summed E-state index contributed by atoms with van der Waals surface area (Å²) in [5.74, 6) is -3.09. The second-order valence-electron chi connectivity index (χ2n) is 7.66. The SMILES string of the molecule is O=C1C(c2ccc(Cl)cc2)=C(N2CCCc3ccccc32)C(=O)N1c1ccc(F)cc1F. The van der Waals surface area contributed by atoms with Crippen LogP contribution in [-0.2, 0) is 16.0 Å². The first kappa shape index (κ1) is 20.4. The van der Waals surface area contributed by atoms with Gasteiger partial charge in [0.25, 0.3) is 11.8 Å². The summed E-state index contributed by atoms with van der Waals surface area (Å²) in [6.45, 7) is 0.530. The lowest BCUT2D eigenvalue weighted by Gasteiger charge is -2.32. The molecule has 0 atom stereocenters. The Labute approximate surface area is 188 Å². The van der Waals surface area contributed by atoms with Gasteiger partial charge in [0.2, 0.25) is 0 Å². The van der Waals surface area contributed by atoms with Gasteiger partial charge in [-0.15, -0.1) is 0 Å². The molecule has 0 spiro atoms. The third kappa shape index (κ3) is 3.28. The van der Waals surface area contributed by atoms with E-state index in [0.717, 1.165) is 41.1 Å². The molecular formula is C25H17ClF2N2O2. The van der Waals surface area contributed by atoms with Gasteiger partial charge in [0.15, 0.2) is 0 Å². The van der Waals surface area contributed by atoms with Crippen LogP contribution in [0.1, 0.15) is 17.5 Å². The van der Waals surface area contributed by atoms with E-state index in [1.807, 2.05) is 29.2 Å². The van der Waals surface area contributed by atoms with Crippen molar-refractivity contribution in [2.45, 2.75) is 12.8 Å². The highest BCUT2D eigenvalue weighted by Gasteiger charge is 2.44. The molecule has 2 aliphatic heterocycles. The molecule has 0 aromatic heterocycles. The summed E-state index contributed by atoms with van der Waals surface area (Å²) in [5.41, 5.74) is 2.44. The number of carbonyl (C=O) groups is 2. The highest BCUT2D eigenvalue weighted by atomic mass is 35.5. The molecule has 3 aromatic carbocycles. The van der Waals surface area contributed by atoms with E-state index in [-0.39, 0.29) is 17.0 Å². The maximum Gasteiger partial charge on any atom is 0.282 e. The number of carbonyl (C=O) groups excluding carboxylic acids is 2. The first-order valence-electron chi connectivity index (χ1n) is 10.1. The van der Waals surface area contributed by atoms with Crippen LogP contribution < -0.4 is 9.80 Å². The Morgan fingerprint density at radius 3 is 2.34 bits per heavy atom. The summed E-state index contributed by atoms with van der Waals surface area (Å²) in [4.78, 5) is 29.8. The molecule has 0 saturated carbocycles. The van der Waals surface area contributed by atoms with Gasteiger partial charge in [-0.1, -0.05) is 41.9 Å². The van der Waals surface area contributed by atoms with Crippen LogP contribution in [-0.4, -0.2) is 18.4 Å². The molecule has 0 saturated heterocycles. The summed E-state index contributed by atoms with van der Waals surface area (Å²) in [5, 5.41) is 0.484. The third-order valence-electron chi connectivity index (χ3n) is 5.72. The average Bonchev–Trinajstić information content (AvgIpc) is 3.04. The molecule has 2 aliphatic rings. The van der Waals surface area contributed by atoms with Crippen LogP contribution in [0.25, 0.3) is 5.57 Å². The number of rotatable bonds is 3. The van der Waals surface area contributed by atoms with E-state index in [1.165, 1.54) is 0 Å². The Morgan fingerprint density at radius 2 is 1.59 bits per heavy atom. The maximum absolute atomic E-state index is 14.6. The van der Waals surface area contributed by atoms with Gasteiger partial charge in [-0.25, -0.2) is 13.7 Å². The number of amides is 2. The molecule has 2 amide bonds. The average molecular weight is 451 g/mol. The Balaban J connectivity index is 1.71. The third-order valence-corrected chi connectivity index (χ3v) is 5.98. The highest BCUT2D eigenvalue weighted by Crippen LogP contribution is 2.40. The Hall–Kier alpha value is -3.51. The molecule has 0 radical (unpaired) electrons. The lowest BCUT2D eigenvalue weighted by atomic mass is 9.98. The Kier molecular flexibility index (Phi) is 5.02. The lowest BCUT2D eigenvalue weighted by Crippen LogP contribution is -2.37. The minimum atomic E-state index is -0.984. The Morgan fingerprint density at radius 1 is 0.844 bits per heavy atom.